The highest BCUT2D eigenvalue weighted by Gasteiger charge is 2.11. The molecule has 0 aliphatic carbocycles. The van der Waals surface area contributed by atoms with Crippen LogP contribution in [-0.4, -0.2) is 15.9 Å². The van der Waals surface area contributed by atoms with Crippen LogP contribution in [0.3, 0.4) is 0 Å². The quantitative estimate of drug-likeness (QED) is 0.728. The molecule has 0 unspecified atom stereocenters. The smallest absolute Gasteiger partial charge is 0.271 e. The van der Waals surface area contributed by atoms with Gasteiger partial charge in [0.1, 0.15) is 23.1 Å². The number of nitrogens with zero attached hydrogens (tertiary/aromatic N) is 2. The van der Waals surface area contributed by atoms with Crippen LogP contribution >= 0.6 is 22.9 Å². The molecule has 7 heteroatoms. The molecule has 0 bridgehead atoms. The first-order valence-corrected chi connectivity index (χ1v) is 8.46. The van der Waals surface area contributed by atoms with Gasteiger partial charge in [-0.05, 0) is 35.9 Å². The molecule has 0 radical (unpaired) electrons. The fourth-order valence-electron chi connectivity index (χ4n) is 1.93. The Morgan fingerprint density at radius 1 is 1.25 bits per heavy atom. The SMILES string of the molecule is O=C(NCc1cccnc1)c1csc(COc2ccc(Cl)cc2)n1. The first kappa shape index (κ1) is 16.4. The van der Waals surface area contributed by atoms with E-state index in [1.807, 2.05) is 12.1 Å². The van der Waals surface area contributed by atoms with Crippen LogP contribution in [0.25, 0.3) is 0 Å². The summed E-state index contributed by atoms with van der Waals surface area (Å²) < 4.78 is 5.62. The van der Waals surface area contributed by atoms with Crippen molar-refractivity contribution < 1.29 is 9.53 Å². The molecule has 122 valence electrons. The first-order valence-electron chi connectivity index (χ1n) is 7.20. The molecule has 2 aromatic heterocycles. The van der Waals surface area contributed by atoms with E-state index in [2.05, 4.69) is 15.3 Å². The van der Waals surface area contributed by atoms with Crippen LogP contribution in [0.5, 0.6) is 5.75 Å². The highest BCUT2D eigenvalue weighted by atomic mass is 35.5. The van der Waals surface area contributed by atoms with Crippen molar-refractivity contribution in [2.24, 2.45) is 0 Å². The van der Waals surface area contributed by atoms with Crippen LogP contribution in [0.2, 0.25) is 5.02 Å². The van der Waals surface area contributed by atoms with E-state index in [9.17, 15) is 4.79 Å². The molecule has 0 atom stereocenters. The molecule has 0 saturated heterocycles. The molecule has 5 nitrogen and oxygen atoms in total. The third kappa shape index (κ3) is 4.53. The normalized spacial score (nSPS) is 10.4. The maximum atomic E-state index is 12.1. The lowest BCUT2D eigenvalue weighted by Gasteiger charge is -2.04. The van der Waals surface area contributed by atoms with Crippen LogP contribution in [0, 0.1) is 0 Å². The summed E-state index contributed by atoms with van der Waals surface area (Å²) in [6.45, 7) is 0.725. The van der Waals surface area contributed by atoms with E-state index in [0.29, 0.717) is 29.6 Å². The van der Waals surface area contributed by atoms with E-state index in [0.717, 1.165) is 10.6 Å². The molecular weight excluding hydrogens is 346 g/mol. The van der Waals surface area contributed by atoms with Crippen LogP contribution in [-0.2, 0) is 13.2 Å². The third-order valence-corrected chi connectivity index (χ3v) is 4.21. The molecule has 0 spiro atoms. The topological polar surface area (TPSA) is 64.1 Å². The summed E-state index contributed by atoms with van der Waals surface area (Å²) in [4.78, 5) is 20.4. The Kier molecular flexibility index (Phi) is 5.40. The van der Waals surface area contributed by atoms with E-state index in [1.165, 1.54) is 11.3 Å². The van der Waals surface area contributed by atoms with Crippen molar-refractivity contribution in [1.82, 2.24) is 15.3 Å². The van der Waals surface area contributed by atoms with Gasteiger partial charge >= 0.3 is 0 Å². The summed E-state index contributed by atoms with van der Waals surface area (Å²) in [6.07, 6.45) is 3.41. The number of benzene rings is 1. The molecule has 3 aromatic rings. The number of carbonyl (C=O) groups is 1. The van der Waals surface area contributed by atoms with Crippen molar-refractivity contribution in [3.05, 3.63) is 75.5 Å². The number of aromatic nitrogens is 2. The predicted octanol–water partition coefficient (Wildman–Crippen LogP) is 3.70. The highest BCUT2D eigenvalue weighted by molar-refractivity contribution is 7.09. The van der Waals surface area contributed by atoms with Crippen molar-refractivity contribution in [1.29, 1.82) is 0 Å². The summed E-state index contributed by atoms with van der Waals surface area (Å²) in [6, 6.07) is 10.8. The van der Waals surface area contributed by atoms with Gasteiger partial charge in [0.2, 0.25) is 0 Å². The molecule has 2 heterocycles. The Hall–Kier alpha value is -2.44. The number of ether oxygens (including phenoxy) is 1. The Balaban J connectivity index is 1.52. The minimum absolute atomic E-state index is 0.215. The lowest BCUT2D eigenvalue weighted by molar-refractivity contribution is 0.0946. The molecule has 0 aliphatic heterocycles. The molecule has 3 rings (SSSR count). The number of hydrogen-bond acceptors (Lipinski definition) is 5. The van der Waals surface area contributed by atoms with Gasteiger partial charge in [-0.15, -0.1) is 11.3 Å². The van der Waals surface area contributed by atoms with Gasteiger partial charge < -0.3 is 10.1 Å². The molecule has 1 amide bonds. The van der Waals surface area contributed by atoms with Crippen molar-refractivity contribution in [2.75, 3.05) is 0 Å². The van der Waals surface area contributed by atoms with Crippen molar-refractivity contribution >= 4 is 28.8 Å². The van der Waals surface area contributed by atoms with E-state index in [4.69, 9.17) is 16.3 Å². The van der Waals surface area contributed by atoms with Gasteiger partial charge in [0.05, 0.1) is 0 Å². The zero-order valence-corrected chi connectivity index (χ0v) is 14.2. The second kappa shape index (κ2) is 7.90. The summed E-state index contributed by atoms with van der Waals surface area (Å²) in [5.74, 6) is 0.491. The van der Waals surface area contributed by atoms with Crippen molar-refractivity contribution in [3.8, 4) is 5.75 Å². The third-order valence-electron chi connectivity index (χ3n) is 3.14. The molecule has 0 aliphatic rings. The summed E-state index contributed by atoms with van der Waals surface area (Å²) in [7, 11) is 0. The van der Waals surface area contributed by atoms with E-state index >= 15 is 0 Å². The maximum absolute atomic E-state index is 12.1. The largest absolute Gasteiger partial charge is 0.486 e. The van der Waals surface area contributed by atoms with E-state index < -0.39 is 0 Å². The Morgan fingerprint density at radius 2 is 2.08 bits per heavy atom. The standard InChI is InChI=1S/C17H14ClN3O2S/c18-13-3-5-14(6-4-13)23-10-16-21-15(11-24-16)17(22)20-9-12-2-1-7-19-8-12/h1-8,11H,9-10H2,(H,20,22). The number of hydrogen-bond donors (Lipinski definition) is 1. The van der Waals surface area contributed by atoms with Gasteiger partial charge in [-0.25, -0.2) is 4.98 Å². The minimum atomic E-state index is -0.215. The maximum Gasteiger partial charge on any atom is 0.271 e. The van der Waals surface area contributed by atoms with E-state index in [-0.39, 0.29) is 5.91 Å². The monoisotopic (exact) mass is 359 g/mol. The summed E-state index contributed by atoms with van der Waals surface area (Å²) >= 11 is 7.21. The van der Waals surface area contributed by atoms with Gasteiger partial charge in [0.25, 0.3) is 5.91 Å². The number of thiazole rings is 1. The average Bonchev–Trinajstić information content (AvgIpc) is 3.09. The Morgan fingerprint density at radius 3 is 2.83 bits per heavy atom. The highest BCUT2D eigenvalue weighted by Crippen LogP contribution is 2.18. The second-order valence-corrected chi connectivity index (χ2v) is 6.29. The predicted molar refractivity (Wildman–Crippen MR) is 93.3 cm³/mol. The van der Waals surface area contributed by atoms with Gasteiger partial charge in [-0.3, -0.25) is 9.78 Å². The number of amides is 1. The Bertz CT molecular complexity index is 806. The van der Waals surface area contributed by atoms with Crippen molar-refractivity contribution in [2.45, 2.75) is 13.2 Å². The van der Waals surface area contributed by atoms with Crippen LogP contribution in [0.4, 0.5) is 0 Å². The van der Waals surface area contributed by atoms with Gasteiger partial charge in [-0.1, -0.05) is 17.7 Å². The number of pyridine rings is 1. The minimum Gasteiger partial charge on any atom is -0.486 e. The lowest BCUT2D eigenvalue weighted by Crippen LogP contribution is -2.23. The van der Waals surface area contributed by atoms with Gasteiger partial charge in [0.15, 0.2) is 0 Å². The number of carbonyl (C=O) groups excluding carboxylic acids is 1. The molecule has 0 fully saturated rings. The zero-order valence-electron chi connectivity index (χ0n) is 12.6. The summed E-state index contributed by atoms with van der Waals surface area (Å²) in [5, 5.41) is 5.93. The number of nitrogens with one attached hydrogen (secondary N) is 1. The van der Waals surface area contributed by atoms with Crippen LogP contribution in [0.15, 0.2) is 54.2 Å². The van der Waals surface area contributed by atoms with Crippen LogP contribution < -0.4 is 10.1 Å². The fraction of sp³-hybridized carbons (Fsp3) is 0.118. The zero-order chi connectivity index (χ0) is 16.8. The second-order valence-electron chi connectivity index (χ2n) is 4.91. The summed E-state index contributed by atoms with van der Waals surface area (Å²) in [5.41, 5.74) is 1.32. The Labute approximate surface area is 148 Å². The molecular formula is C17H14ClN3O2S. The lowest BCUT2D eigenvalue weighted by atomic mass is 10.3. The van der Waals surface area contributed by atoms with Crippen molar-refractivity contribution in [3.63, 3.8) is 0 Å². The number of halogens is 1. The van der Waals surface area contributed by atoms with E-state index in [1.54, 1.807) is 42.0 Å². The van der Waals surface area contributed by atoms with Gasteiger partial charge in [0, 0.05) is 29.3 Å². The van der Waals surface area contributed by atoms with Crippen LogP contribution in [0.1, 0.15) is 21.1 Å². The molecule has 24 heavy (non-hydrogen) atoms. The average molecular weight is 360 g/mol. The molecule has 1 aromatic carbocycles. The first-order chi connectivity index (χ1) is 11.7. The number of rotatable bonds is 6. The molecule has 0 saturated carbocycles. The van der Waals surface area contributed by atoms with Gasteiger partial charge in [-0.2, -0.15) is 0 Å². The fourth-order valence-corrected chi connectivity index (χ4v) is 2.74. The molecule has 1 N–H and O–H groups in total.